The van der Waals surface area contributed by atoms with Crippen LogP contribution in [0.2, 0.25) is 0 Å². The molecule has 2 aromatic rings. The number of nitrogens with one attached hydrogen (secondary N) is 1. The summed E-state index contributed by atoms with van der Waals surface area (Å²) in [5.41, 5.74) is 1.31. The number of sulfonamides is 1. The van der Waals surface area contributed by atoms with E-state index in [1.165, 1.54) is 11.3 Å². The molecule has 0 fully saturated rings. The van der Waals surface area contributed by atoms with Crippen molar-refractivity contribution in [2.45, 2.75) is 58.9 Å². The molecular weight excluding hydrogens is 334 g/mol. The van der Waals surface area contributed by atoms with Crippen LogP contribution in [0.15, 0.2) is 9.42 Å². The van der Waals surface area contributed by atoms with Gasteiger partial charge in [0.1, 0.15) is 15.6 Å². The molecule has 0 aliphatic rings. The summed E-state index contributed by atoms with van der Waals surface area (Å²) in [6.45, 7) is 11.3. The van der Waals surface area contributed by atoms with Gasteiger partial charge in [-0.05, 0) is 40.0 Å². The third-order valence-electron chi connectivity index (χ3n) is 3.58. The van der Waals surface area contributed by atoms with Crippen molar-refractivity contribution in [3.05, 3.63) is 27.0 Å². The summed E-state index contributed by atoms with van der Waals surface area (Å²) in [5.74, 6) is 0.627. The summed E-state index contributed by atoms with van der Waals surface area (Å²) < 4.78 is 33.3. The fourth-order valence-electron chi connectivity index (χ4n) is 2.42. The van der Waals surface area contributed by atoms with Crippen LogP contribution < -0.4 is 4.72 Å². The van der Waals surface area contributed by atoms with Crippen LogP contribution in [0.3, 0.4) is 0 Å². The van der Waals surface area contributed by atoms with Crippen molar-refractivity contribution < 1.29 is 12.9 Å². The Labute approximate surface area is 141 Å². The van der Waals surface area contributed by atoms with Gasteiger partial charge in [0.05, 0.1) is 11.7 Å². The molecule has 2 heterocycles. The van der Waals surface area contributed by atoms with Gasteiger partial charge in [0.2, 0.25) is 10.0 Å². The van der Waals surface area contributed by atoms with Gasteiger partial charge in [-0.1, -0.05) is 19.0 Å². The lowest BCUT2D eigenvalue weighted by Gasteiger charge is -2.18. The summed E-state index contributed by atoms with van der Waals surface area (Å²) in [6, 6.07) is -0.355. The molecule has 0 amide bonds. The van der Waals surface area contributed by atoms with Crippen molar-refractivity contribution >= 4 is 21.4 Å². The van der Waals surface area contributed by atoms with Crippen LogP contribution in [0, 0.1) is 33.6 Å². The van der Waals surface area contributed by atoms with E-state index in [2.05, 4.69) is 28.7 Å². The number of thiazole rings is 1. The molecule has 2 rings (SSSR count). The van der Waals surface area contributed by atoms with Gasteiger partial charge in [-0.25, -0.2) is 18.1 Å². The van der Waals surface area contributed by atoms with Crippen LogP contribution in [-0.4, -0.2) is 18.6 Å². The Hall–Kier alpha value is -1.25. The summed E-state index contributed by atoms with van der Waals surface area (Å²) in [5, 5.41) is 4.53. The monoisotopic (exact) mass is 357 g/mol. The molecular formula is C15H23N3O3S2. The minimum absolute atomic E-state index is 0.122. The zero-order valence-electron chi connectivity index (χ0n) is 14.3. The van der Waals surface area contributed by atoms with E-state index in [4.69, 9.17) is 4.52 Å². The van der Waals surface area contributed by atoms with Crippen molar-refractivity contribution in [1.29, 1.82) is 0 Å². The lowest BCUT2D eigenvalue weighted by Crippen LogP contribution is -2.30. The molecule has 6 nitrogen and oxygen atoms in total. The average molecular weight is 358 g/mol. The number of hydrogen-bond donors (Lipinski definition) is 1. The van der Waals surface area contributed by atoms with Gasteiger partial charge in [-0.2, -0.15) is 0 Å². The molecule has 1 unspecified atom stereocenters. The number of aryl methyl sites for hydroxylation is 4. The van der Waals surface area contributed by atoms with E-state index in [0.29, 0.717) is 23.8 Å². The first-order valence-corrected chi connectivity index (χ1v) is 9.81. The Morgan fingerprint density at radius 2 is 1.83 bits per heavy atom. The molecule has 1 N–H and O–H groups in total. The smallest absolute Gasteiger partial charge is 0.246 e. The molecule has 8 heteroatoms. The lowest BCUT2D eigenvalue weighted by molar-refractivity contribution is 0.390. The molecule has 0 aliphatic heterocycles. The number of hydrogen-bond acceptors (Lipinski definition) is 6. The maximum absolute atomic E-state index is 12.8. The molecule has 0 bridgehead atoms. The number of aromatic nitrogens is 2. The second-order valence-electron chi connectivity index (χ2n) is 6.15. The second kappa shape index (κ2) is 6.70. The molecule has 0 saturated heterocycles. The molecule has 0 aromatic carbocycles. The topological polar surface area (TPSA) is 85.1 Å². The van der Waals surface area contributed by atoms with E-state index >= 15 is 0 Å². The largest absolute Gasteiger partial charge is 0.360 e. The molecule has 0 saturated carbocycles. The molecule has 0 spiro atoms. The minimum atomic E-state index is -3.71. The van der Waals surface area contributed by atoms with Crippen LogP contribution in [-0.2, 0) is 10.0 Å². The normalized spacial score (nSPS) is 13.7. The highest BCUT2D eigenvalue weighted by atomic mass is 32.2. The van der Waals surface area contributed by atoms with E-state index in [1.54, 1.807) is 13.8 Å². The Balaban J connectivity index is 2.38. The second-order valence-corrected chi connectivity index (χ2v) is 9.04. The third-order valence-corrected chi connectivity index (χ3v) is 6.49. The Kier molecular flexibility index (Phi) is 5.27. The standard InChI is InChI=1S/C15H23N3O3S2/c1-8(2)7-13(15-16-9(3)12(6)22-15)18-23(19,20)14-10(4)17-21-11(14)5/h8,13,18H,7H2,1-6H3. The van der Waals surface area contributed by atoms with Gasteiger partial charge in [-0.3, -0.25) is 0 Å². The van der Waals surface area contributed by atoms with E-state index in [-0.39, 0.29) is 10.9 Å². The predicted molar refractivity (Wildman–Crippen MR) is 90.1 cm³/mol. The van der Waals surface area contributed by atoms with Crippen LogP contribution in [0.25, 0.3) is 0 Å². The van der Waals surface area contributed by atoms with Gasteiger partial charge in [0, 0.05) is 4.88 Å². The first-order chi connectivity index (χ1) is 10.6. The highest BCUT2D eigenvalue weighted by Gasteiger charge is 2.29. The Bertz CT molecular complexity index is 752. The molecule has 0 radical (unpaired) electrons. The average Bonchev–Trinajstić information content (AvgIpc) is 2.92. The van der Waals surface area contributed by atoms with Gasteiger partial charge >= 0.3 is 0 Å². The van der Waals surface area contributed by atoms with Crippen molar-refractivity contribution in [2.75, 3.05) is 0 Å². The van der Waals surface area contributed by atoms with Gasteiger partial charge in [0.15, 0.2) is 5.76 Å². The van der Waals surface area contributed by atoms with Gasteiger partial charge in [0.25, 0.3) is 0 Å². The highest BCUT2D eigenvalue weighted by molar-refractivity contribution is 7.89. The first kappa shape index (κ1) is 18.1. The molecule has 0 aliphatic carbocycles. The predicted octanol–water partition coefficient (Wildman–Crippen LogP) is 3.43. The van der Waals surface area contributed by atoms with Crippen molar-refractivity contribution in [2.24, 2.45) is 5.92 Å². The summed E-state index contributed by atoms with van der Waals surface area (Å²) in [7, 11) is -3.71. The first-order valence-electron chi connectivity index (χ1n) is 7.51. The Morgan fingerprint density at radius 3 is 2.26 bits per heavy atom. The van der Waals surface area contributed by atoms with Crippen LogP contribution in [0.4, 0.5) is 0 Å². The minimum Gasteiger partial charge on any atom is -0.360 e. The maximum Gasteiger partial charge on any atom is 0.246 e. The quantitative estimate of drug-likeness (QED) is 0.856. The molecule has 1 atom stereocenters. The molecule has 23 heavy (non-hydrogen) atoms. The van der Waals surface area contributed by atoms with Crippen molar-refractivity contribution in [3.8, 4) is 0 Å². The van der Waals surface area contributed by atoms with Crippen LogP contribution in [0.1, 0.15) is 53.3 Å². The number of nitrogens with zero attached hydrogens (tertiary/aromatic N) is 2. The SMILES string of the molecule is Cc1nc(C(CC(C)C)NS(=O)(=O)c2c(C)noc2C)sc1C. The van der Waals surface area contributed by atoms with Gasteiger partial charge in [-0.15, -0.1) is 11.3 Å². The van der Waals surface area contributed by atoms with E-state index in [9.17, 15) is 8.42 Å². The zero-order valence-corrected chi connectivity index (χ0v) is 15.9. The van der Waals surface area contributed by atoms with Crippen molar-refractivity contribution in [3.63, 3.8) is 0 Å². The van der Waals surface area contributed by atoms with Crippen LogP contribution in [0.5, 0.6) is 0 Å². The zero-order chi connectivity index (χ0) is 17.4. The lowest BCUT2D eigenvalue weighted by atomic mass is 10.1. The van der Waals surface area contributed by atoms with Crippen molar-refractivity contribution in [1.82, 2.24) is 14.9 Å². The highest BCUT2D eigenvalue weighted by Crippen LogP contribution is 2.30. The maximum atomic E-state index is 12.8. The molecule has 128 valence electrons. The van der Waals surface area contributed by atoms with Gasteiger partial charge < -0.3 is 4.52 Å². The fourth-order valence-corrected chi connectivity index (χ4v) is 5.03. The summed E-state index contributed by atoms with van der Waals surface area (Å²) in [4.78, 5) is 5.75. The van der Waals surface area contributed by atoms with E-state index in [0.717, 1.165) is 15.6 Å². The third kappa shape index (κ3) is 3.99. The number of rotatable bonds is 6. The van der Waals surface area contributed by atoms with Crippen LogP contribution >= 0.6 is 11.3 Å². The fraction of sp³-hybridized carbons (Fsp3) is 0.600. The Morgan fingerprint density at radius 1 is 1.17 bits per heavy atom. The van der Waals surface area contributed by atoms with E-state index < -0.39 is 10.0 Å². The summed E-state index contributed by atoms with van der Waals surface area (Å²) in [6.07, 6.45) is 0.676. The summed E-state index contributed by atoms with van der Waals surface area (Å²) >= 11 is 1.53. The molecule has 2 aromatic heterocycles. The van der Waals surface area contributed by atoms with E-state index in [1.807, 2.05) is 13.8 Å².